The van der Waals surface area contributed by atoms with Crippen molar-refractivity contribution in [1.29, 1.82) is 0 Å². The van der Waals surface area contributed by atoms with E-state index in [0.29, 0.717) is 32.3 Å². The number of ether oxygens (including phenoxy) is 2. The standard InChI is InChI=1S/C10H18N2O3/c11-8(7-1-2-7)5-12-10(13)9-6-14-3-4-15-9/h7-9H,1-6,11H2,(H,12,13). The van der Waals surface area contributed by atoms with E-state index in [0.717, 1.165) is 0 Å². The Kier molecular flexibility index (Phi) is 3.56. The largest absolute Gasteiger partial charge is 0.376 e. The van der Waals surface area contributed by atoms with Crippen molar-refractivity contribution in [1.82, 2.24) is 5.32 Å². The van der Waals surface area contributed by atoms with Crippen molar-refractivity contribution < 1.29 is 14.3 Å². The Morgan fingerprint density at radius 2 is 2.27 bits per heavy atom. The molecule has 0 aromatic heterocycles. The van der Waals surface area contributed by atoms with Gasteiger partial charge in [-0.05, 0) is 18.8 Å². The van der Waals surface area contributed by atoms with Crippen LogP contribution in [0.2, 0.25) is 0 Å². The minimum Gasteiger partial charge on any atom is -0.376 e. The van der Waals surface area contributed by atoms with Crippen LogP contribution in [-0.4, -0.2) is 44.4 Å². The van der Waals surface area contributed by atoms with E-state index in [-0.39, 0.29) is 11.9 Å². The number of hydrogen-bond acceptors (Lipinski definition) is 4. The van der Waals surface area contributed by atoms with Gasteiger partial charge < -0.3 is 20.5 Å². The number of carbonyl (C=O) groups is 1. The van der Waals surface area contributed by atoms with Crippen LogP contribution < -0.4 is 11.1 Å². The molecule has 1 saturated carbocycles. The molecule has 0 aromatic carbocycles. The molecule has 0 spiro atoms. The third-order valence-electron chi connectivity index (χ3n) is 2.85. The Balaban J connectivity index is 1.66. The number of hydrogen-bond donors (Lipinski definition) is 2. The van der Waals surface area contributed by atoms with Crippen LogP contribution in [0.25, 0.3) is 0 Å². The Bertz CT molecular complexity index is 225. The maximum Gasteiger partial charge on any atom is 0.251 e. The monoisotopic (exact) mass is 214 g/mol. The maximum atomic E-state index is 11.6. The summed E-state index contributed by atoms with van der Waals surface area (Å²) in [5.41, 5.74) is 5.87. The van der Waals surface area contributed by atoms with Gasteiger partial charge in [-0.3, -0.25) is 4.79 Å². The van der Waals surface area contributed by atoms with Gasteiger partial charge in [0.1, 0.15) is 0 Å². The van der Waals surface area contributed by atoms with Gasteiger partial charge in [0, 0.05) is 12.6 Å². The first-order valence-electron chi connectivity index (χ1n) is 5.50. The molecule has 15 heavy (non-hydrogen) atoms. The van der Waals surface area contributed by atoms with Crippen LogP contribution in [0.5, 0.6) is 0 Å². The number of rotatable bonds is 4. The topological polar surface area (TPSA) is 73.6 Å². The Morgan fingerprint density at radius 3 is 2.87 bits per heavy atom. The predicted molar refractivity (Wildman–Crippen MR) is 54.3 cm³/mol. The van der Waals surface area contributed by atoms with Crippen molar-refractivity contribution in [3.8, 4) is 0 Å². The summed E-state index contributed by atoms with van der Waals surface area (Å²) in [4.78, 5) is 11.6. The molecule has 2 rings (SSSR count). The summed E-state index contributed by atoms with van der Waals surface area (Å²) in [5.74, 6) is 0.500. The molecule has 2 aliphatic rings. The highest BCUT2D eigenvalue weighted by atomic mass is 16.6. The van der Waals surface area contributed by atoms with Crippen molar-refractivity contribution in [3.63, 3.8) is 0 Å². The number of nitrogens with one attached hydrogen (secondary N) is 1. The van der Waals surface area contributed by atoms with Gasteiger partial charge in [-0.15, -0.1) is 0 Å². The summed E-state index contributed by atoms with van der Waals surface area (Å²) >= 11 is 0. The highest BCUT2D eigenvalue weighted by molar-refractivity contribution is 5.81. The molecule has 0 bridgehead atoms. The van der Waals surface area contributed by atoms with Gasteiger partial charge in [0.05, 0.1) is 19.8 Å². The molecule has 3 N–H and O–H groups in total. The van der Waals surface area contributed by atoms with Crippen molar-refractivity contribution in [3.05, 3.63) is 0 Å². The normalized spacial score (nSPS) is 28.5. The minimum absolute atomic E-state index is 0.0958. The highest BCUT2D eigenvalue weighted by Crippen LogP contribution is 2.31. The molecule has 1 saturated heterocycles. The van der Waals surface area contributed by atoms with Crippen LogP contribution in [0.15, 0.2) is 0 Å². The second-order valence-electron chi connectivity index (χ2n) is 4.18. The van der Waals surface area contributed by atoms with Gasteiger partial charge >= 0.3 is 0 Å². The number of amides is 1. The summed E-state index contributed by atoms with van der Waals surface area (Å²) < 4.78 is 10.4. The molecule has 0 radical (unpaired) electrons. The van der Waals surface area contributed by atoms with Gasteiger partial charge in [0.2, 0.25) is 0 Å². The molecule has 1 heterocycles. The first-order valence-corrected chi connectivity index (χ1v) is 5.50. The van der Waals surface area contributed by atoms with Crippen molar-refractivity contribution >= 4 is 5.91 Å². The minimum atomic E-state index is -0.454. The fourth-order valence-electron chi connectivity index (χ4n) is 1.66. The molecular formula is C10H18N2O3. The van der Waals surface area contributed by atoms with Gasteiger partial charge in [0.15, 0.2) is 6.10 Å². The lowest BCUT2D eigenvalue weighted by atomic mass is 10.2. The van der Waals surface area contributed by atoms with E-state index in [1.54, 1.807) is 0 Å². The average molecular weight is 214 g/mol. The second-order valence-corrected chi connectivity index (χ2v) is 4.18. The van der Waals surface area contributed by atoms with Crippen molar-refractivity contribution in [2.24, 2.45) is 11.7 Å². The molecule has 0 aromatic rings. The van der Waals surface area contributed by atoms with Crippen LogP contribution in [-0.2, 0) is 14.3 Å². The lowest BCUT2D eigenvalue weighted by molar-refractivity contribution is -0.147. The number of nitrogens with two attached hydrogens (primary N) is 1. The SMILES string of the molecule is NC(CNC(=O)C1COCCO1)C1CC1. The third-order valence-corrected chi connectivity index (χ3v) is 2.85. The van der Waals surface area contributed by atoms with Crippen molar-refractivity contribution in [2.75, 3.05) is 26.4 Å². The van der Waals surface area contributed by atoms with E-state index >= 15 is 0 Å². The van der Waals surface area contributed by atoms with E-state index in [9.17, 15) is 4.79 Å². The third kappa shape index (κ3) is 3.15. The Labute approximate surface area is 89.3 Å². The first kappa shape index (κ1) is 10.9. The molecule has 86 valence electrons. The van der Waals surface area contributed by atoms with Crippen LogP contribution in [0.4, 0.5) is 0 Å². The van der Waals surface area contributed by atoms with E-state index in [1.165, 1.54) is 12.8 Å². The van der Waals surface area contributed by atoms with E-state index in [4.69, 9.17) is 15.2 Å². The first-order chi connectivity index (χ1) is 7.27. The van der Waals surface area contributed by atoms with Gasteiger partial charge in [-0.2, -0.15) is 0 Å². The van der Waals surface area contributed by atoms with E-state index in [1.807, 2.05) is 0 Å². The molecule has 2 fully saturated rings. The van der Waals surface area contributed by atoms with Gasteiger partial charge in [-0.25, -0.2) is 0 Å². The van der Waals surface area contributed by atoms with Crippen LogP contribution in [0, 0.1) is 5.92 Å². The number of carbonyl (C=O) groups excluding carboxylic acids is 1. The highest BCUT2D eigenvalue weighted by Gasteiger charge is 2.29. The summed E-state index contributed by atoms with van der Waals surface area (Å²) in [6, 6.07) is 0.0958. The Morgan fingerprint density at radius 1 is 1.47 bits per heavy atom. The zero-order valence-electron chi connectivity index (χ0n) is 8.78. The molecule has 2 atom stereocenters. The Hall–Kier alpha value is -0.650. The summed E-state index contributed by atoms with van der Waals surface area (Å²) in [6.45, 7) is 1.96. The lowest BCUT2D eigenvalue weighted by Gasteiger charge is -2.22. The van der Waals surface area contributed by atoms with Crippen LogP contribution in [0.1, 0.15) is 12.8 Å². The predicted octanol–water partition coefficient (Wildman–Crippen LogP) is -0.745. The average Bonchev–Trinajstić information content (AvgIpc) is 3.10. The molecule has 5 nitrogen and oxygen atoms in total. The fourth-order valence-corrected chi connectivity index (χ4v) is 1.66. The summed E-state index contributed by atoms with van der Waals surface area (Å²) in [7, 11) is 0. The van der Waals surface area contributed by atoms with Crippen molar-refractivity contribution in [2.45, 2.75) is 25.0 Å². The van der Waals surface area contributed by atoms with Crippen LogP contribution >= 0.6 is 0 Å². The molecule has 5 heteroatoms. The van der Waals surface area contributed by atoms with E-state index < -0.39 is 6.10 Å². The smallest absolute Gasteiger partial charge is 0.251 e. The molecular weight excluding hydrogens is 196 g/mol. The molecule has 1 aliphatic carbocycles. The maximum absolute atomic E-state index is 11.6. The molecule has 1 aliphatic heterocycles. The molecule has 1 amide bonds. The lowest BCUT2D eigenvalue weighted by Crippen LogP contribution is -2.46. The van der Waals surface area contributed by atoms with Gasteiger partial charge in [-0.1, -0.05) is 0 Å². The fraction of sp³-hybridized carbons (Fsp3) is 0.900. The van der Waals surface area contributed by atoms with E-state index in [2.05, 4.69) is 5.32 Å². The summed E-state index contributed by atoms with van der Waals surface area (Å²) in [6.07, 6.45) is 1.94. The van der Waals surface area contributed by atoms with Gasteiger partial charge in [0.25, 0.3) is 5.91 Å². The van der Waals surface area contributed by atoms with Crippen LogP contribution in [0.3, 0.4) is 0 Å². The summed E-state index contributed by atoms with van der Waals surface area (Å²) in [5, 5.41) is 2.80. The quantitative estimate of drug-likeness (QED) is 0.646. The molecule has 2 unspecified atom stereocenters. The zero-order valence-corrected chi connectivity index (χ0v) is 8.78. The zero-order chi connectivity index (χ0) is 10.7. The second kappa shape index (κ2) is 4.92.